The van der Waals surface area contributed by atoms with Gasteiger partial charge in [-0.05, 0) is 106 Å². The molecule has 1 amide bonds. The lowest BCUT2D eigenvalue weighted by Gasteiger charge is -2.41. The van der Waals surface area contributed by atoms with Crippen molar-refractivity contribution in [1.82, 2.24) is 9.80 Å². The second-order valence-corrected chi connectivity index (χ2v) is 16.5. The highest BCUT2D eigenvalue weighted by Crippen LogP contribution is 2.53. The number of hydrogen-bond donors (Lipinski definition) is 2. The number of rotatable bonds is 10. The summed E-state index contributed by atoms with van der Waals surface area (Å²) in [5.41, 5.74) is -2.94. The molecule has 2 aliphatic heterocycles. The molecule has 2 fully saturated rings. The molecule has 2 atom stereocenters. The van der Waals surface area contributed by atoms with E-state index in [1.807, 2.05) is 7.05 Å². The molecule has 8 nitrogen and oxygen atoms in total. The van der Waals surface area contributed by atoms with Crippen LogP contribution in [-0.4, -0.2) is 73.9 Å². The van der Waals surface area contributed by atoms with Crippen molar-refractivity contribution >= 4 is 38.9 Å². The first kappa shape index (κ1) is 34.3. The molecule has 0 aromatic heterocycles. The molecule has 47 heavy (non-hydrogen) atoms. The standard InChI is InChI=1S/C35H39Cl2FN2O6S/c1-33(43,23-10-14-39(2)15-11-23)25-16-28-31(29(38)17-25)35(24-5-8-26(36)9-6-24,46-21-34(20-41)12-13-34)40(32(28)42)19-22-4-7-27(37)18-30(22)47(3,44)45/h4-9,16-18,23,41,43H,10-15,19-21H2,1-3H3/t33-,35-/m1/s1. The molecule has 0 spiro atoms. The molecule has 252 valence electrons. The molecule has 2 heterocycles. The van der Waals surface area contributed by atoms with E-state index in [9.17, 15) is 23.4 Å². The van der Waals surface area contributed by atoms with Gasteiger partial charge in [0.2, 0.25) is 0 Å². The van der Waals surface area contributed by atoms with Crippen LogP contribution in [0.3, 0.4) is 0 Å². The molecular formula is C35H39Cl2FN2O6S. The average molecular weight is 706 g/mol. The quantitative estimate of drug-likeness (QED) is 0.278. The lowest BCUT2D eigenvalue weighted by molar-refractivity contribution is -0.130. The number of sulfone groups is 1. The van der Waals surface area contributed by atoms with Crippen LogP contribution >= 0.6 is 23.2 Å². The monoisotopic (exact) mass is 704 g/mol. The summed E-state index contributed by atoms with van der Waals surface area (Å²) in [5.74, 6) is -1.50. The Balaban J connectivity index is 1.56. The largest absolute Gasteiger partial charge is 0.396 e. The molecule has 6 rings (SSSR count). The number of benzene rings is 3. The van der Waals surface area contributed by atoms with Crippen molar-refractivity contribution in [2.45, 2.75) is 55.4 Å². The molecule has 1 saturated carbocycles. The Morgan fingerprint density at radius 1 is 1.04 bits per heavy atom. The Labute approximate surface area is 285 Å². The number of ether oxygens (including phenoxy) is 1. The van der Waals surface area contributed by atoms with Gasteiger partial charge in [0.1, 0.15) is 5.82 Å². The van der Waals surface area contributed by atoms with Crippen LogP contribution in [0, 0.1) is 17.2 Å². The van der Waals surface area contributed by atoms with Crippen molar-refractivity contribution in [3.05, 3.63) is 98.3 Å². The fourth-order valence-electron chi connectivity index (χ4n) is 6.99. The third-order valence-corrected chi connectivity index (χ3v) is 11.9. The number of amides is 1. The van der Waals surface area contributed by atoms with Crippen molar-refractivity contribution < 1.29 is 32.6 Å². The van der Waals surface area contributed by atoms with Crippen molar-refractivity contribution in [2.75, 3.05) is 39.6 Å². The Hall–Kier alpha value is -2.57. The first-order valence-corrected chi connectivity index (χ1v) is 18.3. The second-order valence-electron chi connectivity index (χ2n) is 13.6. The number of nitrogens with zero attached hydrogens (tertiary/aromatic N) is 2. The minimum absolute atomic E-state index is 0.00337. The molecule has 3 aliphatic rings. The van der Waals surface area contributed by atoms with Crippen molar-refractivity contribution in [1.29, 1.82) is 0 Å². The molecule has 0 bridgehead atoms. The summed E-state index contributed by atoms with van der Waals surface area (Å²) in [6, 6.07) is 13.8. The third-order valence-electron chi connectivity index (χ3n) is 10.3. The van der Waals surface area contributed by atoms with Gasteiger partial charge in [0.05, 0.1) is 41.4 Å². The smallest absolute Gasteiger partial charge is 0.257 e. The number of piperidine rings is 1. The molecule has 3 aromatic rings. The van der Waals surface area contributed by atoms with Crippen LogP contribution in [0.4, 0.5) is 4.39 Å². The maximum absolute atomic E-state index is 16.9. The van der Waals surface area contributed by atoms with Crippen LogP contribution in [0.2, 0.25) is 10.0 Å². The fourth-order valence-corrected chi connectivity index (χ4v) is 8.30. The summed E-state index contributed by atoms with van der Waals surface area (Å²) < 4.78 is 49.5. The SMILES string of the molecule is CN1CCC([C@@](C)(O)c2cc(F)c3c(c2)C(=O)N(Cc2ccc(Cl)cc2S(C)(=O)=O)[C@@]3(OCC2(CO)CC2)c2ccc(Cl)cc2)CC1. The fraction of sp³-hybridized carbons (Fsp3) is 0.457. The first-order chi connectivity index (χ1) is 22.1. The van der Waals surface area contributed by atoms with Gasteiger partial charge < -0.3 is 19.8 Å². The van der Waals surface area contributed by atoms with Crippen molar-refractivity contribution in [2.24, 2.45) is 11.3 Å². The van der Waals surface area contributed by atoms with E-state index in [1.54, 1.807) is 37.3 Å². The minimum Gasteiger partial charge on any atom is -0.396 e. The van der Waals surface area contributed by atoms with Crippen LogP contribution in [-0.2, 0) is 32.4 Å². The van der Waals surface area contributed by atoms with E-state index in [0.29, 0.717) is 36.3 Å². The minimum atomic E-state index is -3.79. The van der Waals surface area contributed by atoms with Gasteiger partial charge in [0, 0.05) is 27.3 Å². The van der Waals surface area contributed by atoms with Crippen molar-refractivity contribution in [3.8, 4) is 0 Å². The predicted octanol–water partition coefficient (Wildman–Crippen LogP) is 5.73. The Morgan fingerprint density at radius 3 is 2.28 bits per heavy atom. The maximum atomic E-state index is 16.9. The second kappa shape index (κ2) is 12.4. The third kappa shape index (κ3) is 6.23. The molecule has 3 aromatic carbocycles. The van der Waals surface area contributed by atoms with Crippen LogP contribution < -0.4 is 0 Å². The summed E-state index contributed by atoms with van der Waals surface area (Å²) in [6.45, 7) is 2.80. The maximum Gasteiger partial charge on any atom is 0.257 e. The Morgan fingerprint density at radius 2 is 1.68 bits per heavy atom. The summed E-state index contributed by atoms with van der Waals surface area (Å²) >= 11 is 12.5. The van der Waals surface area contributed by atoms with Crippen LogP contribution in [0.25, 0.3) is 0 Å². The van der Waals surface area contributed by atoms with Gasteiger partial charge in [-0.2, -0.15) is 0 Å². The van der Waals surface area contributed by atoms with Gasteiger partial charge in [0.25, 0.3) is 5.91 Å². The van der Waals surface area contributed by atoms with Gasteiger partial charge in [-0.3, -0.25) is 9.69 Å². The van der Waals surface area contributed by atoms with Gasteiger partial charge in [-0.15, -0.1) is 0 Å². The van der Waals surface area contributed by atoms with Crippen LogP contribution in [0.15, 0.2) is 59.5 Å². The normalized spacial score (nSPS) is 22.7. The zero-order chi connectivity index (χ0) is 33.9. The van der Waals surface area contributed by atoms with E-state index in [1.165, 1.54) is 29.2 Å². The summed E-state index contributed by atoms with van der Waals surface area (Å²) in [6.07, 6.45) is 3.84. The lowest BCUT2D eigenvalue weighted by Crippen LogP contribution is -2.48. The highest BCUT2D eigenvalue weighted by Gasteiger charge is 2.57. The van der Waals surface area contributed by atoms with Crippen LogP contribution in [0.1, 0.15) is 65.2 Å². The Bertz CT molecular complexity index is 1810. The molecule has 0 unspecified atom stereocenters. The van der Waals surface area contributed by atoms with Crippen molar-refractivity contribution in [3.63, 3.8) is 0 Å². The highest BCUT2D eigenvalue weighted by atomic mass is 35.5. The molecular weight excluding hydrogens is 666 g/mol. The molecule has 1 aliphatic carbocycles. The average Bonchev–Trinajstić information content (AvgIpc) is 3.77. The Kier molecular flexibility index (Phi) is 9.04. The topological polar surface area (TPSA) is 107 Å². The molecule has 1 saturated heterocycles. The number of aliphatic hydroxyl groups is 2. The lowest BCUT2D eigenvalue weighted by atomic mass is 9.76. The van der Waals surface area contributed by atoms with E-state index in [0.717, 1.165) is 19.3 Å². The highest BCUT2D eigenvalue weighted by molar-refractivity contribution is 7.90. The number of halogens is 3. The van der Waals surface area contributed by atoms with E-state index >= 15 is 4.39 Å². The van der Waals surface area contributed by atoms with Gasteiger partial charge >= 0.3 is 0 Å². The van der Waals surface area contributed by atoms with E-state index in [2.05, 4.69) is 4.90 Å². The number of carbonyl (C=O) groups excluding carboxylic acids is 1. The number of aliphatic hydroxyl groups excluding tert-OH is 1. The zero-order valence-electron chi connectivity index (χ0n) is 26.6. The number of carbonyl (C=O) groups is 1. The first-order valence-electron chi connectivity index (χ1n) is 15.7. The molecule has 2 N–H and O–H groups in total. The predicted molar refractivity (Wildman–Crippen MR) is 178 cm³/mol. The number of likely N-dealkylation sites (tertiary alicyclic amines) is 1. The van der Waals surface area contributed by atoms with E-state index < -0.39 is 38.3 Å². The summed E-state index contributed by atoms with van der Waals surface area (Å²) in [5, 5.41) is 22.7. The van der Waals surface area contributed by atoms with Gasteiger partial charge in [-0.1, -0.05) is 41.4 Å². The molecule has 12 heteroatoms. The van der Waals surface area contributed by atoms with Crippen LogP contribution in [0.5, 0.6) is 0 Å². The van der Waals surface area contributed by atoms with Gasteiger partial charge in [-0.25, -0.2) is 12.8 Å². The summed E-state index contributed by atoms with van der Waals surface area (Å²) in [4.78, 5) is 18.1. The number of fused-ring (bicyclic) bond motifs is 1. The molecule has 0 radical (unpaired) electrons. The van der Waals surface area contributed by atoms with E-state index in [4.69, 9.17) is 27.9 Å². The number of hydrogen-bond acceptors (Lipinski definition) is 7. The zero-order valence-corrected chi connectivity index (χ0v) is 28.9. The summed E-state index contributed by atoms with van der Waals surface area (Å²) in [7, 11) is -1.78. The van der Waals surface area contributed by atoms with Gasteiger partial charge in [0.15, 0.2) is 15.6 Å². The van der Waals surface area contributed by atoms with E-state index in [-0.39, 0.29) is 57.8 Å².